The molecule has 0 aromatic rings. The third-order valence-electron chi connectivity index (χ3n) is 1.32. The molecule has 5 heteroatoms. The van der Waals surface area contributed by atoms with Crippen molar-refractivity contribution in [3.63, 3.8) is 0 Å². The molecule has 0 aliphatic carbocycles. The minimum atomic E-state index is 0. The summed E-state index contributed by atoms with van der Waals surface area (Å²) in [6.07, 6.45) is 5.23. The smallest absolute Gasteiger partial charge is 0.00343 e. The lowest BCUT2D eigenvalue weighted by molar-refractivity contribution is 0.824. The molecule has 0 rings (SSSR count). The van der Waals surface area contributed by atoms with Gasteiger partial charge < -0.3 is 5.48 Å². The SMILES string of the molecule is CCCSSCCC.CCCSSCCC.O. The van der Waals surface area contributed by atoms with Gasteiger partial charge >= 0.3 is 0 Å². The molecule has 0 aromatic carbocycles. The molecule has 0 aliphatic rings. The molecule has 0 aromatic heterocycles. The summed E-state index contributed by atoms with van der Waals surface area (Å²) in [6, 6.07) is 0. The van der Waals surface area contributed by atoms with Crippen molar-refractivity contribution in [2.45, 2.75) is 53.4 Å². The standard InChI is InChI=1S/2C6H14S2.H2O/c2*1-3-5-7-8-6-4-2;/h2*3-6H2,1-2H3;1H2. The maximum atomic E-state index is 2.22. The molecule has 0 radical (unpaired) electrons. The molecule has 0 saturated heterocycles. The summed E-state index contributed by atoms with van der Waals surface area (Å²) in [4.78, 5) is 0. The first-order valence-electron chi connectivity index (χ1n) is 6.32. The van der Waals surface area contributed by atoms with Crippen molar-refractivity contribution in [2.24, 2.45) is 0 Å². The highest BCUT2D eigenvalue weighted by molar-refractivity contribution is 8.77. The van der Waals surface area contributed by atoms with E-state index in [1.165, 1.54) is 48.7 Å². The lowest BCUT2D eigenvalue weighted by Crippen LogP contribution is -1.70. The second-order valence-corrected chi connectivity index (χ2v) is 8.69. The largest absolute Gasteiger partial charge is 0.412 e. The lowest BCUT2D eigenvalue weighted by atomic mass is 10.6. The summed E-state index contributed by atoms with van der Waals surface area (Å²) in [5, 5.41) is 0. The van der Waals surface area contributed by atoms with E-state index in [1.54, 1.807) is 0 Å². The summed E-state index contributed by atoms with van der Waals surface area (Å²) >= 11 is 0. The average Bonchev–Trinajstić information content (AvgIpc) is 2.31. The van der Waals surface area contributed by atoms with Gasteiger partial charge in [-0.25, -0.2) is 0 Å². The van der Waals surface area contributed by atoms with Crippen LogP contribution in [0.25, 0.3) is 0 Å². The Labute approximate surface area is 125 Å². The molecule has 0 fully saturated rings. The van der Waals surface area contributed by atoms with Crippen molar-refractivity contribution in [1.82, 2.24) is 0 Å². The predicted molar refractivity (Wildman–Crippen MR) is 94.6 cm³/mol. The zero-order valence-electron chi connectivity index (χ0n) is 11.8. The van der Waals surface area contributed by atoms with E-state index in [1.807, 2.05) is 43.2 Å². The molecule has 0 aliphatic heterocycles. The van der Waals surface area contributed by atoms with E-state index in [0.717, 1.165) is 0 Å². The Morgan fingerprint density at radius 2 is 0.647 bits per heavy atom. The minimum absolute atomic E-state index is 0. The third-order valence-corrected chi connectivity index (χ3v) is 6.95. The molecule has 0 spiro atoms. The Morgan fingerprint density at radius 1 is 0.471 bits per heavy atom. The van der Waals surface area contributed by atoms with Gasteiger partial charge in [-0.15, -0.1) is 0 Å². The Bertz CT molecular complexity index is 80.5. The highest BCUT2D eigenvalue weighted by atomic mass is 33.1. The van der Waals surface area contributed by atoms with E-state index >= 15 is 0 Å². The molecular formula is C12H30OS4. The average molecular weight is 319 g/mol. The first-order valence-corrected chi connectivity index (χ1v) is 11.3. The van der Waals surface area contributed by atoms with Gasteiger partial charge in [-0.3, -0.25) is 0 Å². The molecule has 108 valence electrons. The Morgan fingerprint density at radius 3 is 0.765 bits per heavy atom. The van der Waals surface area contributed by atoms with Crippen molar-refractivity contribution in [3.05, 3.63) is 0 Å². The molecule has 0 amide bonds. The van der Waals surface area contributed by atoms with E-state index in [-0.39, 0.29) is 5.48 Å². The van der Waals surface area contributed by atoms with E-state index < -0.39 is 0 Å². The van der Waals surface area contributed by atoms with Crippen molar-refractivity contribution in [2.75, 3.05) is 23.0 Å². The van der Waals surface area contributed by atoms with Gasteiger partial charge in [-0.1, -0.05) is 70.9 Å². The van der Waals surface area contributed by atoms with Gasteiger partial charge in [0, 0.05) is 23.0 Å². The normalized spacial score (nSPS) is 9.18. The van der Waals surface area contributed by atoms with Crippen molar-refractivity contribution >= 4 is 43.2 Å². The molecule has 0 heterocycles. The van der Waals surface area contributed by atoms with Crippen LogP contribution in [0.3, 0.4) is 0 Å². The molecule has 0 bridgehead atoms. The fourth-order valence-corrected chi connectivity index (χ4v) is 5.12. The topological polar surface area (TPSA) is 31.5 Å². The van der Waals surface area contributed by atoms with Crippen LogP contribution in [-0.2, 0) is 0 Å². The van der Waals surface area contributed by atoms with Crippen LogP contribution < -0.4 is 0 Å². The van der Waals surface area contributed by atoms with Gasteiger partial charge in [-0.05, 0) is 25.7 Å². The second kappa shape index (κ2) is 26.0. The van der Waals surface area contributed by atoms with E-state index in [0.29, 0.717) is 0 Å². The van der Waals surface area contributed by atoms with Crippen LogP contribution in [-0.4, -0.2) is 28.5 Å². The molecule has 1 nitrogen and oxygen atoms in total. The van der Waals surface area contributed by atoms with Gasteiger partial charge in [0.15, 0.2) is 0 Å². The van der Waals surface area contributed by atoms with E-state index in [2.05, 4.69) is 27.7 Å². The van der Waals surface area contributed by atoms with Crippen LogP contribution in [0.2, 0.25) is 0 Å². The van der Waals surface area contributed by atoms with Crippen LogP contribution >= 0.6 is 43.2 Å². The fraction of sp³-hybridized carbons (Fsp3) is 1.00. The Kier molecular flexibility index (Phi) is 35.9. The van der Waals surface area contributed by atoms with Crippen molar-refractivity contribution in [3.8, 4) is 0 Å². The first kappa shape index (κ1) is 23.5. The summed E-state index contributed by atoms with van der Waals surface area (Å²) in [7, 11) is 7.98. The number of rotatable bonds is 10. The van der Waals surface area contributed by atoms with Crippen LogP contribution in [0.4, 0.5) is 0 Å². The highest BCUT2D eigenvalue weighted by Gasteiger charge is 1.84. The van der Waals surface area contributed by atoms with Gasteiger partial charge in [-0.2, -0.15) is 0 Å². The first-order chi connectivity index (χ1) is 7.83. The molecule has 0 atom stereocenters. The van der Waals surface area contributed by atoms with Gasteiger partial charge in [0.2, 0.25) is 0 Å². The van der Waals surface area contributed by atoms with Crippen molar-refractivity contribution < 1.29 is 5.48 Å². The molecule has 0 saturated carbocycles. The van der Waals surface area contributed by atoms with E-state index in [4.69, 9.17) is 0 Å². The number of hydrogen-bond acceptors (Lipinski definition) is 4. The maximum Gasteiger partial charge on any atom is 0.00343 e. The summed E-state index contributed by atoms with van der Waals surface area (Å²) in [5.74, 6) is 5.24. The van der Waals surface area contributed by atoms with Crippen LogP contribution in [0.1, 0.15) is 53.4 Å². The van der Waals surface area contributed by atoms with Gasteiger partial charge in [0.25, 0.3) is 0 Å². The fourth-order valence-electron chi connectivity index (χ4n) is 0.569. The van der Waals surface area contributed by atoms with Crippen molar-refractivity contribution in [1.29, 1.82) is 0 Å². The van der Waals surface area contributed by atoms with E-state index in [9.17, 15) is 0 Å². The predicted octanol–water partition coefficient (Wildman–Crippen LogP) is 5.55. The van der Waals surface area contributed by atoms with Crippen LogP contribution in [0.15, 0.2) is 0 Å². The quantitative estimate of drug-likeness (QED) is 0.390. The Hall–Kier alpha value is 1.36. The van der Waals surface area contributed by atoms with Gasteiger partial charge in [0.05, 0.1) is 0 Å². The van der Waals surface area contributed by atoms with Crippen LogP contribution in [0, 0.1) is 0 Å². The molecule has 2 N–H and O–H groups in total. The summed E-state index contributed by atoms with van der Waals surface area (Å²) in [5.41, 5.74) is 0. The summed E-state index contributed by atoms with van der Waals surface area (Å²) < 4.78 is 0. The van der Waals surface area contributed by atoms with Gasteiger partial charge in [0.1, 0.15) is 0 Å². The lowest BCUT2D eigenvalue weighted by Gasteiger charge is -1.93. The highest BCUT2D eigenvalue weighted by Crippen LogP contribution is 2.22. The maximum absolute atomic E-state index is 2.22. The Balaban J connectivity index is -0.000000218. The third kappa shape index (κ3) is 31.7. The monoisotopic (exact) mass is 318 g/mol. The molecule has 0 unspecified atom stereocenters. The molecular weight excluding hydrogens is 288 g/mol. The summed E-state index contributed by atoms with van der Waals surface area (Å²) in [6.45, 7) is 8.89. The molecule has 17 heavy (non-hydrogen) atoms. The van der Waals surface area contributed by atoms with Crippen LogP contribution in [0.5, 0.6) is 0 Å². The second-order valence-electron chi connectivity index (χ2n) is 3.29. The number of hydrogen-bond donors (Lipinski definition) is 0. The zero-order chi connectivity index (χ0) is 12.5. The zero-order valence-corrected chi connectivity index (χ0v) is 15.1. The minimum Gasteiger partial charge on any atom is -0.412 e.